The molecule has 1 amide bonds. The van der Waals surface area contributed by atoms with E-state index in [2.05, 4.69) is 15.9 Å². The molecule has 0 heterocycles. The number of nitrogens with zero attached hydrogens (tertiary/aromatic N) is 1. The van der Waals surface area contributed by atoms with E-state index in [1.165, 1.54) is 6.07 Å². The van der Waals surface area contributed by atoms with Gasteiger partial charge in [-0.05, 0) is 40.9 Å². The molecule has 1 aromatic rings. The van der Waals surface area contributed by atoms with E-state index in [1.807, 2.05) is 13.8 Å². The highest BCUT2D eigenvalue weighted by Gasteiger charge is 2.21. The van der Waals surface area contributed by atoms with E-state index in [9.17, 15) is 9.18 Å². The Kier molecular flexibility index (Phi) is 5.12. The summed E-state index contributed by atoms with van der Waals surface area (Å²) in [5.74, 6) is -0.757. The van der Waals surface area contributed by atoms with Gasteiger partial charge in [-0.25, -0.2) is 4.39 Å². The lowest BCUT2D eigenvalue weighted by Crippen LogP contribution is -2.36. The summed E-state index contributed by atoms with van der Waals surface area (Å²) >= 11 is 3.09. The predicted molar refractivity (Wildman–Crippen MR) is 70.6 cm³/mol. The molecule has 2 nitrogen and oxygen atoms in total. The third-order valence-electron chi connectivity index (χ3n) is 2.99. The number of carbonyl (C=O) groups is 1. The summed E-state index contributed by atoms with van der Waals surface area (Å²) in [4.78, 5) is 13.8. The van der Waals surface area contributed by atoms with Crippen LogP contribution in [0.1, 0.15) is 37.0 Å². The molecule has 0 aromatic heterocycles. The smallest absolute Gasteiger partial charge is 0.256 e. The SMILES string of the molecule is CCC(CC)N(C)C(=O)c1cccc(Br)c1F. The molecular weight excluding hydrogens is 285 g/mol. The zero-order valence-electron chi connectivity index (χ0n) is 10.3. The Morgan fingerprint density at radius 1 is 1.41 bits per heavy atom. The Morgan fingerprint density at radius 2 is 2.00 bits per heavy atom. The van der Waals surface area contributed by atoms with Crippen molar-refractivity contribution in [3.8, 4) is 0 Å². The van der Waals surface area contributed by atoms with Gasteiger partial charge in [0.1, 0.15) is 5.82 Å². The van der Waals surface area contributed by atoms with Crippen molar-refractivity contribution in [2.45, 2.75) is 32.7 Å². The highest BCUT2D eigenvalue weighted by Crippen LogP contribution is 2.21. The molecule has 1 rings (SSSR count). The van der Waals surface area contributed by atoms with Crippen LogP contribution in [0.25, 0.3) is 0 Å². The number of rotatable bonds is 4. The van der Waals surface area contributed by atoms with Crippen molar-refractivity contribution in [3.63, 3.8) is 0 Å². The van der Waals surface area contributed by atoms with E-state index in [1.54, 1.807) is 24.1 Å². The van der Waals surface area contributed by atoms with Crippen LogP contribution in [-0.2, 0) is 0 Å². The molecule has 1 aromatic carbocycles. The second-order valence-electron chi connectivity index (χ2n) is 3.99. The fourth-order valence-electron chi connectivity index (χ4n) is 1.86. The zero-order valence-corrected chi connectivity index (χ0v) is 11.9. The van der Waals surface area contributed by atoms with Crippen molar-refractivity contribution in [2.24, 2.45) is 0 Å². The van der Waals surface area contributed by atoms with Crippen LogP contribution < -0.4 is 0 Å². The molecule has 0 bridgehead atoms. The molecule has 0 N–H and O–H groups in total. The molecule has 0 unspecified atom stereocenters. The summed E-state index contributed by atoms with van der Waals surface area (Å²) in [6.45, 7) is 4.05. The van der Waals surface area contributed by atoms with Gasteiger partial charge in [-0.1, -0.05) is 19.9 Å². The van der Waals surface area contributed by atoms with E-state index in [4.69, 9.17) is 0 Å². The number of hydrogen-bond acceptors (Lipinski definition) is 1. The summed E-state index contributed by atoms with van der Waals surface area (Å²) in [5, 5.41) is 0. The Balaban J connectivity index is 3.00. The summed E-state index contributed by atoms with van der Waals surface area (Å²) in [5.41, 5.74) is 0.119. The normalized spacial score (nSPS) is 10.7. The number of amides is 1. The van der Waals surface area contributed by atoms with Crippen molar-refractivity contribution in [2.75, 3.05) is 7.05 Å². The minimum absolute atomic E-state index is 0.119. The largest absolute Gasteiger partial charge is 0.339 e. The molecule has 0 fully saturated rings. The summed E-state index contributed by atoms with van der Waals surface area (Å²) in [6, 6.07) is 4.92. The van der Waals surface area contributed by atoms with E-state index in [0.29, 0.717) is 4.47 Å². The predicted octanol–water partition coefficient (Wildman–Crippen LogP) is 3.85. The lowest BCUT2D eigenvalue weighted by Gasteiger charge is -2.26. The Morgan fingerprint density at radius 3 is 2.53 bits per heavy atom. The first kappa shape index (κ1) is 14.2. The average Bonchev–Trinajstić information content (AvgIpc) is 2.33. The standard InChI is InChI=1S/C13H17BrFNO/c1-4-9(5-2)16(3)13(17)10-7-6-8-11(14)12(10)15/h6-9H,4-5H2,1-3H3. The minimum atomic E-state index is -0.490. The molecule has 0 spiro atoms. The maximum atomic E-state index is 13.8. The first-order valence-electron chi connectivity index (χ1n) is 5.74. The van der Waals surface area contributed by atoms with Crippen LogP contribution in [0, 0.1) is 5.82 Å². The second-order valence-corrected chi connectivity index (χ2v) is 4.84. The van der Waals surface area contributed by atoms with Gasteiger partial charge in [-0.3, -0.25) is 4.79 Å². The highest BCUT2D eigenvalue weighted by atomic mass is 79.9. The van der Waals surface area contributed by atoms with Gasteiger partial charge in [0.25, 0.3) is 5.91 Å². The van der Waals surface area contributed by atoms with Crippen molar-refractivity contribution >= 4 is 21.8 Å². The van der Waals surface area contributed by atoms with Crippen molar-refractivity contribution < 1.29 is 9.18 Å². The Bertz CT molecular complexity index is 404. The summed E-state index contributed by atoms with van der Waals surface area (Å²) < 4.78 is 14.1. The molecule has 17 heavy (non-hydrogen) atoms. The van der Waals surface area contributed by atoms with E-state index in [-0.39, 0.29) is 17.5 Å². The zero-order chi connectivity index (χ0) is 13.0. The van der Waals surface area contributed by atoms with E-state index < -0.39 is 5.82 Å². The molecular formula is C13H17BrFNO. The number of halogens is 2. The fraction of sp³-hybridized carbons (Fsp3) is 0.462. The van der Waals surface area contributed by atoms with Crippen LogP contribution >= 0.6 is 15.9 Å². The van der Waals surface area contributed by atoms with Gasteiger partial charge in [0.05, 0.1) is 10.0 Å². The van der Waals surface area contributed by atoms with Gasteiger partial charge < -0.3 is 4.90 Å². The molecule has 0 radical (unpaired) electrons. The first-order valence-corrected chi connectivity index (χ1v) is 6.53. The van der Waals surface area contributed by atoms with Gasteiger partial charge >= 0.3 is 0 Å². The first-order chi connectivity index (χ1) is 8.02. The van der Waals surface area contributed by atoms with Crippen LogP contribution in [0.5, 0.6) is 0 Å². The molecule has 0 aliphatic carbocycles. The minimum Gasteiger partial charge on any atom is -0.339 e. The molecule has 4 heteroatoms. The van der Waals surface area contributed by atoms with E-state index in [0.717, 1.165) is 12.8 Å². The molecule has 0 saturated carbocycles. The second kappa shape index (κ2) is 6.15. The van der Waals surface area contributed by atoms with Crippen LogP contribution in [0.15, 0.2) is 22.7 Å². The summed E-state index contributed by atoms with van der Waals surface area (Å²) in [6.07, 6.45) is 1.74. The quantitative estimate of drug-likeness (QED) is 0.827. The number of benzene rings is 1. The Labute approximate surface area is 110 Å². The van der Waals surface area contributed by atoms with Gasteiger partial charge in [0.2, 0.25) is 0 Å². The van der Waals surface area contributed by atoms with Crippen LogP contribution in [0.3, 0.4) is 0 Å². The van der Waals surface area contributed by atoms with Crippen molar-refractivity contribution in [3.05, 3.63) is 34.1 Å². The average molecular weight is 302 g/mol. The Hall–Kier alpha value is -0.900. The van der Waals surface area contributed by atoms with E-state index >= 15 is 0 Å². The molecule has 94 valence electrons. The van der Waals surface area contributed by atoms with Gasteiger partial charge in [-0.15, -0.1) is 0 Å². The lowest BCUT2D eigenvalue weighted by atomic mass is 10.1. The van der Waals surface area contributed by atoms with Crippen molar-refractivity contribution in [1.29, 1.82) is 0 Å². The van der Waals surface area contributed by atoms with Crippen LogP contribution in [-0.4, -0.2) is 23.9 Å². The lowest BCUT2D eigenvalue weighted by molar-refractivity contribution is 0.0719. The third-order valence-corrected chi connectivity index (χ3v) is 3.61. The van der Waals surface area contributed by atoms with Gasteiger partial charge in [-0.2, -0.15) is 0 Å². The monoisotopic (exact) mass is 301 g/mol. The van der Waals surface area contributed by atoms with Crippen LogP contribution in [0.4, 0.5) is 4.39 Å². The van der Waals surface area contributed by atoms with Crippen molar-refractivity contribution in [1.82, 2.24) is 4.90 Å². The molecule has 0 saturated heterocycles. The summed E-state index contributed by atoms with van der Waals surface area (Å²) in [7, 11) is 1.72. The third kappa shape index (κ3) is 3.06. The maximum Gasteiger partial charge on any atom is 0.256 e. The number of hydrogen-bond donors (Lipinski definition) is 0. The highest BCUT2D eigenvalue weighted by molar-refractivity contribution is 9.10. The van der Waals surface area contributed by atoms with Crippen LogP contribution in [0.2, 0.25) is 0 Å². The topological polar surface area (TPSA) is 20.3 Å². The molecule has 0 atom stereocenters. The molecule has 0 aliphatic heterocycles. The van der Waals surface area contributed by atoms with Gasteiger partial charge in [0, 0.05) is 13.1 Å². The van der Waals surface area contributed by atoms with Gasteiger partial charge in [0.15, 0.2) is 0 Å². The maximum absolute atomic E-state index is 13.8. The molecule has 0 aliphatic rings. The number of carbonyl (C=O) groups excluding carboxylic acids is 1. The fourth-order valence-corrected chi connectivity index (χ4v) is 2.23.